The van der Waals surface area contributed by atoms with Gasteiger partial charge in [0, 0.05) is 4.47 Å². The summed E-state index contributed by atoms with van der Waals surface area (Å²) in [5.41, 5.74) is 4.55. The van der Waals surface area contributed by atoms with Crippen LogP contribution >= 0.6 is 15.9 Å². The minimum Gasteiger partial charge on any atom is -0.260 e. The first-order chi connectivity index (χ1) is 9.31. The number of aromatic nitrogens is 4. The minimum absolute atomic E-state index is 0.624. The van der Waals surface area contributed by atoms with Crippen molar-refractivity contribution in [2.45, 2.75) is 0 Å². The normalized spacial score (nSPS) is 11.2. The number of hydrogen-bond acceptors (Lipinski definition) is 5. The number of anilines is 1. The van der Waals surface area contributed by atoms with Gasteiger partial charge in [0.05, 0.1) is 6.21 Å². The first kappa shape index (κ1) is 11.8. The maximum atomic E-state index is 4.24. The Morgan fingerprint density at radius 3 is 3.11 bits per heavy atom. The Balaban J connectivity index is 1.74. The molecule has 0 spiro atoms. The Hall–Kier alpha value is -2.28. The molecule has 94 valence electrons. The van der Waals surface area contributed by atoms with E-state index in [1.807, 2.05) is 30.3 Å². The van der Waals surface area contributed by atoms with Gasteiger partial charge in [0.25, 0.3) is 0 Å². The molecule has 0 amide bonds. The van der Waals surface area contributed by atoms with E-state index in [4.69, 9.17) is 0 Å². The third kappa shape index (κ3) is 2.76. The summed E-state index contributed by atoms with van der Waals surface area (Å²) in [5.74, 6) is 0.624. The number of halogens is 1. The van der Waals surface area contributed by atoms with Gasteiger partial charge in [-0.1, -0.05) is 28.1 Å². The van der Waals surface area contributed by atoms with Crippen molar-refractivity contribution in [2.24, 2.45) is 5.10 Å². The molecular formula is C12H9BrN6. The average molecular weight is 317 g/mol. The van der Waals surface area contributed by atoms with Crippen LogP contribution in [0.1, 0.15) is 5.56 Å². The molecule has 0 saturated carbocycles. The summed E-state index contributed by atoms with van der Waals surface area (Å²) in [6.45, 7) is 0. The van der Waals surface area contributed by atoms with Crippen LogP contribution in [0.5, 0.6) is 0 Å². The maximum absolute atomic E-state index is 4.24. The molecule has 0 atom stereocenters. The lowest BCUT2D eigenvalue weighted by atomic mass is 10.2. The van der Waals surface area contributed by atoms with Crippen LogP contribution < -0.4 is 5.43 Å². The summed E-state index contributed by atoms with van der Waals surface area (Å²) in [4.78, 5) is 0. The van der Waals surface area contributed by atoms with E-state index in [9.17, 15) is 0 Å². The van der Waals surface area contributed by atoms with Crippen molar-refractivity contribution in [3.63, 3.8) is 0 Å². The van der Waals surface area contributed by atoms with Crippen LogP contribution in [-0.2, 0) is 0 Å². The fourth-order valence-electron chi connectivity index (χ4n) is 1.55. The Morgan fingerprint density at radius 1 is 1.26 bits per heavy atom. The first-order valence-electron chi connectivity index (χ1n) is 5.53. The highest BCUT2D eigenvalue weighted by atomic mass is 79.9. The molecule has 0 saturated heterocycles. The zero-order valence-corrected chi connectivity index (χ0v) is 11.3. The van der Waals surface area contributed by atoms with E-state index >= 15 is 0 Å². The van der Waals surface area contributed by atoms with Crippen LogP contribution in [0.3, 0.4) is 0 Å². The SMILES string of the molecule is Brc1cccc(C=NNc2ccc3nncn3n2)c1. The van der Waals surface area contributed by atoms with Gasteiger partial charge in [0.15, 0.2) is 11.5 Å². The monoisotopic (exact) mass is 316 g/mol. The van der Waals surface area contributed by atoms with Crippen LogP contribution in [0.4, 0.5) is 5.82 Å². The van der Waals surface area contributed by atoms with E-state index < -0.39 is 0 Å². The van der Waals surface area contributed by atoms with Gasteiger partial charge >= 0.3 is 0 Å². The number of nitrogens with one attached hydrogen (secondary N) is 1. The first-order valence-corrected chi connectivity index (χ1v) is 6.32. The lowest BCUT2D eigenvalue weighted by molar-refractivity contribution is 0.925. The molecule has 1 N–H and O–H groups in total. The molecule has 19 heavy (non-hydrogen) atoms. The molecule has 2 heterocycles. The Kier molecular flexibility index (Phi) is 3.20. The van der Waals surface area contributed by atoms with Crippen molar-refractivity contribution in [1.82, 2.24) is 19.8 Å². The molecule has 0 bridgehead atoms. The maximum Gasteiger partial charge on any atom is 0.177 e. The molecule has 3 rings (SSSR count). The van der Waals surface area contributed by atoms with Crippen LogP contribution in [0.25, 0.3) is 5.65 Å². The van der Waals surface area contributed by atoms with Gasteiger partial charge < -0.3 is 0 Å². The molecule has 2 aromatic heterocycles. The van der Waals surface area contributed by atoms with Crippen LogP contribution in [0.15, 0.2) is 52.3 Å². The molecule has 0 fully saturated rings. The molecule has 0 aliphatic heterocycles. The van der Waals surface area contributed by atoms with Gasteiger partial charge in [-0.15, -0.1) is 15.3 Å². The molecule has 0 aliphatic carbocycles. The van der Waals surface area contributed by atoms with Crippen LogP contribution in [-0.4, -0.2) is 26.0 Å². The lowest BCUT2D eigenvalue weighted by Crippen LogP contribution is -1.98. The van der Waals surface area contributed by atoms with Crippen molar-refractivity contribution in [3.8, 4) is 0 Å². The van der Waals surface area contributed by atoms with Crippen LogP contribution in [0, 0.1) is 0 Å². The summed E-state index contributed by atoms with van der Waals surface area (Å²) < 4.78 is 2.59. The highest BCUT2D eigenvalue weighted by molar-refractivity contribution is 9.10. The molecule has 3 aromatic rings. The number of benzene rings is 1. The zero-order chi connectivity index (χ0) is 13.1. The second-order valence-corrected chi connectivity index (χ2v) is 4.69. The van der Waals surface area contributed by atoms with E-state index in [1.165, 1.54) is 0 Å². The summed E-state index contributed by atoms with van der Waals surface area (Å²) in [7, 11) is 0. The summed E-state index contributed by atoms with van der Waals surface area (Å²) in [5, 5.41) is 16.0. The number of hydrazone groups is 1. The van der Waals surface area contributed by atoms with E-state index in [2.05, 4.69) is 41.8 Å². The highest BCUT2D eigenvalue weighted by Gasteiger charge is 1.97. The molecule has 1 aromatic carbocycles. The number of rotatable bonds is 3. The zero-order valence-electron chi connectivity index (χ0n) is 9.73. The summed E-state index contributed by atoms with van der Waals surface area (Å²) in [6, 6.07) is 11.5. The van der Waals surface area contributed by atoms with E-state index in [1.54, 1.807) is 23.1 Å². The number of fused-ring (bicyclic) bond motifs is 1. The van der Waals surface area contributed by atoms with Gasteiger partial charge in [-0.05, 0) is 29.8 Å². The molecule has 7 heteroatoms. The van der Waals surface area contributed by atoms with E-state index in [-0.39, 0.29) is 0 Å². The van der Waals surface area contributed by atoms with E-state index in [0.717, 1.165) is 10.0 Å². The molecule has 0 unspecified atom stereocenters. The van der Waals surface area contributed by atoms with Gasteiger partial charge in [-0.2, -0.15) is 9.62 Å². The number of nitrogens with zero attached hydrogens (tertiary/aromatic N) is 5. The number of hydrogen-bond donors (Lipinski definition) is 1. The van der Waals surface area contributed by atoms with Crippen molar-refractivity contribution >= 4 is 33.6 Å². The Bertz CT molecular complexity index is 736. The quantitative estimate of drug-likeness (QED) is 0.595. The fourth-order valence-corrected chi connectivity index (χ4v) is 1.96. The standard InChI is InChI=1S/C12H9BrN6/c13-10-3-1-2-9(6-10)7-14-16-11-4-5-12-17-15-8-19(12)18-11/h1-8H,(H,16,18). The van der Waals surface area contributed by atoms with Crippen molar-refractivity contribution in [2.75, 3.05) is 5.43 Å². The summed E-state index contributed by atoms with van der Waals surface area (Å²) in [6.07, 6.45) is 3.27. The Morgan fingerprint density at radius 2 is 2.21 bits per heavy atom. The van der Waals surface area contributed by atoms with Crippen molar-refractivity contribution in [1.29, 1.82) is 0 Å². The molecule has 0 radical (unpaired) electrons. The fraction of sp³-hybridized carbons (Fsp3) is 0. The van der Waals surface area contributed by atoms with Crippen molar-refractivity contribution < 1.29 is 0 Å². The van der Waals surface area contributed by atoms with E-state index in [0.29, 0.717) is 11.5 Å². The minimum atomic E-state index is 0.624. The Labute approximate surface area is 117 Å². The molecular weight excluding hydrogens is 308 g/mol. The van der Waals surface area contributed by atoms with Gasteiger partial charge in [-0.3, -0.25) is 5.43 Å². The third-order valence-electron chi connectivity index (χ3n) is 2.40. The van der Waals surface area contributed by atoms with Crippen molar-refractivity contribution in [3.05, 3.63) is 52.8 Å². The second kappa shape index (κ2) is 5.15. The van der Waals surface area contributed by atoms with Gasteiger partial charge in [-0.25, -0.2) is 0 Å². The predicted molar refractivity (Wildman–Crippen MR) is 76.1 cm³/mol. The van der Waals surface area contributed by atoms with Gasteiger partial charge in [0.2, 0.25) is 0 Å². The summed E-state index contributed by atoms with van der Waals surface area (Å²) >= 11 is 3.41. The smallest absolute Gasteiger partial charge is 0.177 e. The molecule has 0 aliphatic rings. The molecule has 6 nitrogen and oxygen atoms in total. The van der Waals surface area contributed by atoms with Gasteiger partial charge in [0.1, 0.15) is 6.33 Å². The average Bonchev–Trinajstić information content (AvgIpc) is 2.86. The highest BCUT2D eigenvalue weighted by Crippen LogP contribution is 2.10. The third-order valence-corrected chi connectivity index (χ3v) is 2.90. The largest absolute Gasteiger partial charge is 0.260 e. The van der Waals surface area contributed by atoms with Crippen LogP contribution in [0.2, 0.25) is 0 Å². The predicted octanol–water partition coefficient (Wildman–Crippen LogP) is 2.33. The topological polar surface area (TPSA) is 67.5 Å². The second-order valence-electron chi connectivity index (χ2n) is 3.78. The lowest BCUT2D eigenvalue weighted by Gasteiger charge is -1.99.